The smallest absolute Gasteiger partial charge is 0.409 e. The second kappa shape index (κ2) is 5.35. The fraction of sp³-hybridized carbons (Fsp3) is 0.818. The van der Waals surface area contributed by atoms with E-state index in [1.54, 1.807) is 27.7 Å². The Kier molecular flexibility index (Phi) is 4.94. The Hall–Kier alpha value is -1.30. The van der Waals surface area contributed by atoms with Crippen molar-refractivity contribution in [1.29, 1.82) is 0 Å². The topological polar surface area (TPSA) is 102 Å². The Balaban J connectivity index is 4.63. The molecule has 1 amide bonds. The zero-order valence-electron chi connectivity index (χ0n) is 11.0. The molecule has 0 aromatic carbocycles. The van der Waals surface area contributed by atoms with Gasteiger partial charge >= 0.3 is 12.1 Å². The van der Waals surface area contributed by atoms with Crippen LogP contribution in [0.4, 0.5) is 4.79 Å². The van der Waals surface area contributed by atoms with Gasteiger partial charge in [0, 0.05) is 0 Å². The van der Waals surface area contributed by atoms with Crippen LogP contribution in [0.5, 0.6) is 0 Å². The molecule has 0 saturated heterocycles. The van der Waals surface area contributed by atoms with E-state index in [2.05, 4.69) is 5.32 Å². The van der Waals surface area contributed by atoms with Crippen LogP contribution in [-0.4, -0.2) is 28.4 Å². The highest BCUT2D eigenvalue weighted by molar-refractivity contribution is 5.74. The summed E-state index contributed by atoms with van der Waals surface area (Å²) in [6.07, 6.45) is -0.403. The van der Waals surface area contributed by atoms with Crippen molar-refractivity contribution in [2.75, 3.05) is 0 Å². The van der Waals surface area contributed by atoms with Crippen LogP contribution in [0.2, 0.25) is 0 Å². The molecule has 6 nitrogen and oxygen atoms in total. The van der Waals surface area contributed by atoms with E-state index >= 15 is 0 Å². The Labute approximate surface area is 102 Å². The molecule has 0 aliphatic rings. The minimum Gasteiger partial charge on any atom is -0.481 e. The summed E-state index contributed by atoms with van der Waals surface area (Å²) in [6.45, 7) is 8.30. The zero-order valence-corrected chi connectivity index (χ0v) is 11.0. The number of aliphatic carboxylic acids is 1. The molecule has 0 aliphatic carbocycles. The SMILES string of the molecule is CCC(C(=O)O)C(C)(N)NC(=O)OC(C)(C)C. The molecule has 0 fully saturated rings. The van der Waals surface area contributed by atoms with E-state index in [0.29, 0.717) is 6.42 Å². The van der Waals surface area contributed by atoms with E-state index in [-0.39, 0.29) is 0 Å². The van der Waals surface area contributed by atoms with Crippen LogP contribution in [-0.2, 0) is 9.53 Å². The molecule has 100 valence electrons. The monoisotopic (exact) mass is 246 g/mol. The van der Waals surface area contributed by atoms with Gasteiger partial charge in [-0.05, 0) is 34.1 Å². The molecule has 6 heteroatoms. The minimum atomic E-state index is -1.34. The number of carboxylic acid groups (broad SMARTS) is 1. The molecule has 4 N–H and O–H groups in total. The van der Waals surface area contributed by atoms with Gasteiger partial charge < -0.3 is 20.9 Å². The molecule has 2 unspecified atom stereocenters. The highest BCUT2D eigenvalue weighted by Crippen LogP contribution is 2.17. The third kappa shape index (κ3) is 5.53. The van der Waals surface area contributed by atoms with Gasteiger partial charge in [0.25, 0.3) is 0 Å². The summed E-state index contributed by atoms with van der Waals surface area (Å²) in [4.78, 5) is 22.5. The number of carbonyl (C=O) groups is 2. The molecule has 0 spiro atoms. The number of amides is 1. The Morgan fingerprint density at radius 3 is 2.12 bits per heavy atom. The number of ether oxygens (including phenoxy) is 1. The molecule has 0 bridgehead atoms. The van der Waals surface area contributed by atoms with Gasteiger partial charge in [-0.15, -0.1) is 0 Å². The summed E-state index contributed by atoms with van der Waals surface area (Å²) in [5.41, 5.74) is 3.81. The lowest BCUT2D eigenvalue weighted by Crippen LogP contribution is -2.61. The van der Waals surface area contributed by atoms with E-state index in [4.69, 9.17) is 15.6 Å². The van der Waals surface area contributed by atoms with Crippen LogP contribution in [0.3, 0.4) is 0 Å². The van der Waals surface area contributed by atoms with Crippen LogP contribution in [0.1, 0.15) is 41.0 Å². The normalized spacial score (nSPS) is 16.8. The predicted octanol–water partition coefficient (Wildman–Crippen LogP) is 1.30. The largest absolute Gasteiger partial charge is 0.481 e. The van der Waals surface area contributed by atoms with Gasteiger partial charge in [0.15, 0.2) is 0 Å². The summed E-state index contributed by atoms with van der Waals surface area (Å²) in [7, 11) is 0. The standard InChI is InChI=1S/C11H22N2O4/c1-6-7(8(14)15)11(5,12)13-9(16)17-10(2,3)4/h7H,6,12H2,1-5H3,(H,13,16)(H,14,15). The number of hydrogen-bond donors (Lipinski definition) is 3. The number of carbonyl (C=O) groups excluding carboxylic acids is 1. The molecule has 0 aliphatic heterocycles. The highest BCUT2D eigenvalue weighted by Gasteiger charge is 2.37. The van der Waals surface area contributed by atoms with Crippen molar-refractivity contribution < 1.29 is 19.4 Å². The summed E-state index contributed by atoms with van der Waals surface area (Å²) in [5, 5.41) is 11.4. The first-order valence-electron chi connectivity index (χ1n) is 5.52. The molecule has 0 heterocycles. The number of nitrogens with one attached hydrogen (secondary N) is 1. The summed E-state index contributed by atoms with van der Waals surface area (Å²) < 4.78 is 5.02. The average molecular weight is 246 g/mol. The minimum absolute atomic E-state index is 0.318. The average Bonchev–Trinajstić information content (AvgIpc) is 1.96. The van der Waals surface area contributed by atoms with Gasteiger partial charge in [-0.25, -0.2) is 4.79 Å². The number of carboxylic acids is 1. The van der Waals surface area contributed by atoms with Crippen LogP contribution in [0, 0.1) is 5.92 Å². The lowest BCUT2D eigenvalue weighted by Gasteiger charge is -2.32. The number of nitrogens with two attached hydrogens (primary N) is 1. The van der Waals surface area contributed by atoms with Gasteiger partial charge in [-0.2, -0.15) is 0 Å². The van der Waals surface area contributed by atoms with E-state index in [9.17, 15) is 9.59 Å². The molecule has 17 heavy (non-hydrogen) atoms. The zero-order chi connectivity index (χ0) is 13.9. The third-order valence-electron chi connectivity index (χ3n) is 2.20. The second-order valence-electron chi connectivity index (χ2n) is 5.21. The van der Waals surface area contributed by atoms with E-state index < -0.39 is 29.2 Å². The van der Waals surface area contributed by atoms with Crippen LogP contribution >= 0.6 is 0 Å². The Morgan fingerprint density at radius 1 is 1.35 bits per heavy atom. The number of alkyl carbamates (subject to hydrolysis) is 1. The first kappa shape index (κ1) is 15.7. The molecule has 0 aromatic rings. The second-order valence-corrected chi connectivity index (χ2v) is 5.21. The van der Waals surface area contributed by atoms with Crippen LogP contribution in [0.25, 0.3) is 0 Å². The maximum Gasteiger partial charge on any atom is 0.409 e. The first-order chi connectivity index (χ1) is 7.49. The van der Waals surface area contributed by atoms with Gasteiger partial charge in [-0.1, -0.05) is 6.92 Å². The third-order valence-corrected chi connectivity index (χ3v) is 2.20. The van der Waals surface area contributed by atoms with Crippen molar-refractivity contribution in [1.82, 2.24) is 5.32 Å². The summed E-state index contributed by atoms with van der Waals surface area (Å²) >= 11 is 0. The number of hydrogen-bond acceptors (Lipinski definition) is 4. The predicted molar refractivity (Wildman–Crippen MR) is 63.4 cm³/mol. The molecule has 0 saturated carbocycles. The van der Waals surface area contributed by atoms with Crippen molar-refractivity contribution in [3.63, 3.8) is 0 Å². The molecule has 2 atom stereocenters. The first-order valence-corrected chi connectivity index (χ1v) is 5.52. The van der Waals surface area contributed by atoms with Gasteiger partial charge in [-0.3, -0.25) is 4.79 Å². The Morgan fingerprint density at radius 2 is 1.82 bits per heavy atom. The van der Waals surface area contributed by atoms with Crippen molar-refractivity contribution >= 4 is 12.1 Å². The summed E-state index contributed by atoms with van der Waals surface area (Å²) in [6, 6.07) is 0. The molecular formula is C11H22N2O4. The maximum atomic E-state index is 11.5. The van der Waals surface area contributed by atoms with E-state index in [0.717, 1.165) is 0 Å². The van der Waals surface area contributed by atoms with Crippen molar-refractivity contribution in [3.05, 3.63) is 0 Å². The van der Waals surface area contributed by atoms with Gasteiger partial charge in [0.1, 0.15) is 11.3 Å². The van der Waals surface area contributed by atoms with Crippen molar-refractivity contribution in [2.45, 2.75) is 52.3 Å². The van der Waals surface area contributed by atoms with E-state index in [1.165, 1.54) is 6.92 Å². The Bertz CT molecular complexity index is 294. The van der Waals surface area contributed by atoms with Crippen molar-refractivity contribution in [3.8, 4) is 0 Å². The summed E-state index contributed by atoms with van der Waals surface area (Å²) in [5.74, 6) is -1.91. The molecule has 0 rings (SSSR count). The molecule has 0 radical (unpaired) electrons. The van der Waals surface area contributed by atoms with Crippen molar-refractivity contribution in [2.24, 2.45) is 11.7 Å². The van der Waals surface area contributed by atoms with Gasteiger partial charge in [0.05, 0.1) is 5.92 Å². The maximum absolute atomic E-state index is 11.5. The lowest BCUT2D eigenvalue weighted by atomic mass is 9.92. The fourth-order valence-electron chi connectivity index (χ4n) is 1.47. The molecule has 0 aromatic heterocycles. The van der Waals surface area contributed by atoms with Crippen LogP contribution in [0.15, 0.2) is 0 Å². The quantitative estimate of drug-likeness (QED) is 0.649. The van der Waals surface area contributed by atoms with Crippen LogP contribution < -0.4 is 11.1 Å². The number of rotatable bonds is 4. The lowest BCUT2D eigenvalue weighted by molar-refractivity contribution is -0.144. The van der Waals surface area contributed by atoms with Gasteiger partial charge in [0.2, 0.25) is 0 Å². The highest BCUT2D eigenvalue weighted by atomic mass is 16.6. The fourth-order valence-corrected chi connectivity index (χ4v) is 1.47. The molecular weight excluding hydrogens is 224 g/mol. The van der Waals surface area contributed by atoms with E-state index in [1.807, 2.05) is 0 Å².